The van der Waals surface area contributed by atoms with E-state index in [9.17, 15) is 14.7 Å². The highest BCUT2D eigenvalue weighted by atomic mass is 32.1. The van der Waals surface area contributed by atoms with Gasteiger partial charge in [-0.2, -0.15) is 12.6 Å². The van der Waals surface area contributed by atoms with E-state index in [1.807, 2.05) is 18.2 Å². The Kier molecular flexibility index (Phi) is 3.61. The molecule has 0 saturated carbocycles. The summed E-state index contributed by atoms with van der Waals surface area (Å²) >= 11 is 4.10. The molecule has 1 N–H and O–H groups in total. The standard InChI is InChI=1S/C13H15NO3S/c1-8(7-18)12(15)14-10-5-3-2-4-9(10)6-11(14)13(16)17/h2-5,8,11,18H,6-7H2,1H3,(H,16,17)/t8-,11-/m0/s1. The topological polar surface area (TPSA) is 57.6 Å². The van der Waals surface area contributed by atoms with Crippen molar-refractivity contribution in [3.63, 3.8) is 0 Å². The van der Waals surface area contributed by atoms with Crippen LogP contribution in [0.15, 0.2) is 24.3 Å². The number of carboxylic acid groups (broad SMARTS) is 1. The van der Waals surface area contributed by atoms with Crippen LogP contribution in [0.4, 0.5) is 5.69 Å². The fourth-order valence-electron chi connectivity index (χ4n) is 2.17. The Hall–Kier alpha value is -1.49. The molecule has 0 bridgehead atoms. The molecule has 1 amide bonds. The molecular weight excluding hydrogens is 250 g/mol. The fourth-order valence-corrected chi connectivity index (χ4v) is 2.33. The van der Waals surface area contributed by atoms with E-state index in [0.717, 1.165) is 5.56 Å². The Morgan fingerprint density at radius 2 is 2.17 bits per heavy atom. The SMILES string of the molecule is C[C@@H](CS)C(=O)N1c2ccccc2C[C@H]1C(=O)O. The van der Waals surface area contributed by atoms with E-state index < -0.39 is 12.0 Å². The number of benzene rings is 1. The number of nitrogens with zero attached hydrogens (tertiary/aromatic N) is 1. The van der Waals surface area contributed by atoms with Gasteiger partial charge in [0, 0.05) is 23.8 Å². The lowest BCUT2D eigenvalue weighted by molar-refractivity contribution is -0.140. The van der Waals surface area contributed by atoms with Crippen LogP contribution in [0, 0.1) is 5.92 Å². The Labute approximate surface area is 111 Å². The van der Waals surface area contributed by atoms with Crippen molar-refractivity contribution >= 4 is 30.2 Å². The Bertz CT molecular complexity index is 489. The number of amides is 1. The second-order valence-corrected chi connectivity index (χ2v) is 4.84. The minimum atomic E-state index is -0.967. The molecule has 0 spiro atoms. The van der Waals surface area contributed by atoms with Crippen molar-refractivity contribution in [3.8, 4) is 0 Å². The minimum Gasteiger partial charge on any atom is -0.480 e. The lowest BCUT2D eigenvalue weighted by atomic mass is 10.1. The van der Waals surface area contributed by atoms with Crippen molar-refractivity contribution in [1.29, 1.82) is 0 Å². The van der Waals surface area contributed by atoms with Crippen LogP contribution in [0.25, 0.3) is 0 Å². The summed E-state index contributed by atoms with van der Waals surface area (Å²) in [4.78, 5) is 25.0. The van der Waals surface area contributed by atoms with Crippen molar-refractivity contribution < 1.29 is 14.7 Å². The molecular formula is C13H15NO3S. The molecule has 2 atom stereocenters. The second-order valence-electron chi connectivity index (χ2n) is 4.48. The van der Waals surface area contributed by atoms with Crippen LogP contribution >= 0.6 is 12.6 Å². The summed E-state index contributed by atoms with van der Waals surface area (Å²) in [5, 5.41) is 9.25. The molecule has 0 aliphatic carbocycles. The van der Waals surface area contributed by atoms with E-state index in [1.54, 1.807) is 13.0 Å². The molecule has 1 aliphatic rings. The maximum Gasteiger partial charge on any atom is 0.327 e. The summed E-state index contributed by atoms with van der Waals surface area (Å²) in [7, 11) is 0. The van der Waals surface area contributed by atoms with Gasteiger partial charge in [0.05, 0.1) is 0 Å². The molecule has 0 radical (unpaired) electrons. The van der Waals surface area contributed by atoms with Crippen LogP contribution in [-0.4, -0.2) is 28.8 Å². The number of fused-ring (bicyclic) bond motifs is 1. The molecule has 0 aromatic heterocycles. The van der Waals surface area contributed by atoms with E-state index in [-0.39, 0.29) is 11.8 Å². The molecule has 0 unspecified atom stereocenters. The second kappa shape index (κ2) is 5.02. The molecule has 4 nitrogen and oxygen atoms in total. The Morgan fingerprint density at radius 1 is 1.50 bits per heavy atom. The molecule has 18 heavy (non-hydrogen) atoms. The molecule has 5 heteroatoms. The number of hydrogen-bond donors (Lipinski definition) is 2. The molecule has 1 aromatic carbocycles. The van der Waals surface area contributed by atoms with Gasteiger partial charge in [-0.05, 0) is 11.6 Å². The van der Waals surface area contributed by atoms with Crippen LogP contribution in [0.5, 0.6) is 0 Å². The number of thiol groups is 1. The van der Waals surface area contributed by atoms with Crippen LogP contribution in [-0.2, 0) is 16.0 Å². The lowest BCUT2D eigenvalue weighted by Gasteiger charge is -2.25. The molecule has 2 rings (SSSR count). The highest BCUT2D eigenvalue weighted by molar-refractivity contribution is 7.80. The van der Waals surface area contributed by atoms with Crippen LogP contribution in [0.1, 0.15) is 12.5 Å². The number of anilines is 1. The molecule has 1 heterocycles. The number of aliphatic carboxylic acids is 1. The highest BCUT2D eigenvalue weighted by Crippen LogP contribution is 2.33. The van der Waals surface area contributed by atoms with E-state index in [0.29, 0.717) is 17.9 Å². The predicted molar refractivity (Wildman–Crippen MR) is 72.1 cm³/mol. The highest BCUT2D eigenvalue weighted by Gasteiger charge is 2.39. The third-order valence-corrected chi connectivity index (χ3v) is 3.74. The normalized spacial score (nSPS) is 19.4. The lowest BCUT2D eigenvalue weighted by Crippen LogP contribution is -2.45. The fraction of sp³-hybridized carbons (Fsp3) is 0.385. The average molecular weight is 265 g/mol. The van der Waals surface area contributed by atoms with Gasteiger partial charge < -0.3 is 5.11 Å². The quantitative estimate of drug-likeness (QED) is 0.816. The number of para-hydroxylation sites is 1. The number of carbonyl (C=O) groups excluding carboxylic acids is 1. The van der Waals surface area contributed by atoms with E-state index in [4.69, 9.17) is 0 Å². The summed E-state index contributed by atoms with van der Waals surface area (Å²) < 4.78 is 0. The first kappa shape index (κ1) is 13.0. The van der Waals surface area contributed by atoms with E-state index in [1.165, 1.54) is 4.90 Å². The largest absolute Gasteiger partial charge is 0.480 e. The zero-order chi connectivity index (χ0) is 13.3. The summed E-state index contributed by atoms with van der Waals surface area (Å²) in [5.74, 6) is -1.03. The van der Waals surface area contributed by atoms with Crippen molar-refractivity contribution in [1.82, 2.24) is 0 Å². The third kappa shape index (κ3) is 2.10. The molecule has 0 fully saturated rings. The van der Waals surface area contributed by atoms with Crippen LogP contribution in [0.3, 0.4) is 0 Å². The van der Waals surface area contributed by atoms with Gasteiger partial charge in [0.2, 0.25) is 5.91 Å². The maximum atomic E-state index is 12.3. The summed E-state index contributed by atoms with van der Waals surface area (Å²) in [6.45, 7) is 1.76. The number of rotatable bonds is 3. The van der Waals surface area contributed by atoms with Gasteiger partial charge in [0.1, 0.15) is 6.04 Å². The van der Waals surface area contributed by atoms with Crippen molar-refractivity contribution in [2.75, 3.05) is 10.7 Å². The summed E-state index contributed by atoms with van der Waals surface area (Å²) in [6, 6.07) is 6.53. The predicted octanol–water partition coefficient (Wildman–Crippen LogP) is 1.59. The summed E-state index contributed by atoms with van der Waals surface area (Å²) in [6.07, 6.45) is 0.372. The van der Waals surface area contributed by atoms with Crippen LogP contribution < -0.4 is 4.90 Å². The first-order chi connectivity index (χ1) is 8.56. The number of carbonyl (C=O) groups is 2. The Morgan fingerprint density at radius 3 is 2.78 bits per heavy atom. The maximum absolute atomic E-state index is 12.3. The number of hydrogen-bond acceptors (Lipinski definition) is 3. The van der Waals surface area contributed by atoms with Crippen molar-refractivity contribution in [2.45, 2.75) is 19.4 Å². The van der Waals surface area contributed by atoms with Gasteiger partial charge in [0.25, 0.3) is 0 Å². The monoisotopic (exact) mass is 265 g/mol. The first-order valence-corrected chi connectivity index (χ1v) is 6.44. The van der Waals surface area contributed by atoms with Gasteiger partial charge >= 0.3 is 5.97 Å². The average Bonchev–Trinajstić information content (AvgIpc) is 2.76. The zero-order valence-corrected chi connectivity index (χ0v) is 10.9. The first-order valence-electron chi connectivity index (χ1n) is 5.81. The van der Waals surface area contributed by atoms with Gasteiger partial charge in [-0.1, -0.05) is 25.1 Å². The van der Waals surface area contributed by atoms with Gasteiger partial charge in [-0.3, -0.25) is 9.69 Å². The van der Waals surface area contributed by atoms with E-state index in [2.05, 4.69) is 12.6 Å². The zero-order valence-electron chi connectivity index (χ0n) is 10.0. The molecule has 1 aliphatic heterocycles. The van der Waals surface area contributed by atoms with Crippen LogP contribution in [0.2, 0.25) is 0 Å². The van der Waals surface area contributed by atoms with Crippen molar-refractivity contribution in [2.24, 2.45) is 5.92 Å². The molecule has 0 saturated heterocycles. The summed E-state index contributed by atoms with van der Waals surface area (Å²) in [5.41, 5.74) is 1.62. The van der Waals surface area contributed by atoms with Gasteiger partial charge in [-0.15, -0.1) is 0 Å². The minimum absolute atomic E-state index is 0.178. The van der Waals surface area contributed by atoms with Crippen molar-refractivity contribution in [3.05, 3.63) is 29.8 Å². The number of carboxylic acids is 1. The third-order valence-electron chi connectivity index (χ3n) is 3.19. The van der Waals surface area contributed by atoms with Gasteiger partial charge in [0.15, 0.2) is 0 Å². The molecule has 1 aromatic rings. The Balaban J connectivity index is 2.40. The van der Waals surface area contributed by atoms with E-state index >= 15 is 0 Å². The molecule has 96 valence electrons. The smallest absolute Gasteiger partial charge is 0.327 e. The van der Waals surface area contributed by atoms with Gasteiger partial charge in [-0.25, -0.2) is 4.79 Å².